The van der Waals surface area contributed by atoms with Gasteiger partial charge in [-0.3, -0.25) is 0 Å². The van der Waals surface area contributed by atoms with Crippen LogP contribution in [0.25, 0.3) is 0 Å². The van der Waals surface area contributed by atoms with Crippen molar-refractivity contribution in [3.8, 4) is 0 Å². The summed E-state index contributed by atoms with van der Waals surface area (Å²) in [5, 5.41) is 0. The molecule has 5 saturated carbocycles. The number of rotatable bonds is 1. The minimum absolute atomic E-state index is 0.565. The Morgan fingerprint density at radius 1 is 0.586 bits per heavy atom. The molecule has 0 bridgehead atoms. The Morgan fingerprint density at radius 2 is 1.21 bits per heavy atom. The normalized spacial score (nSPS) is 58.7. The molecule has 0 heterocycles. The summed E-state index contributed by atoms with van der Waals surface area (Å²) >= 11 is 0. The molecular weight excluding hydrogens is 348 g/mol. The van der Waals surface area contributed by atoms with Gasteiger partial charge in [-0.1, -0.05) is 61.3 Å². The molecule has 0 N–H and O–H groups in total. The summed E-state index contributed by atoms with van der Waals surface area (Å²) in [7, 11) is 0. The Bertz CT molecular complexity index is 661. The van der Waals surface area contributed by atoms with Crippen molar-refractivity contribution in [2.75, 3.05) is 0 Å². The van der Waals surface area contributed by atoms with E-state index in [-0.39, 0.29) is 0 Å². The SMILES string of the molecule is CC[C@H]1CC[C@@]2(C)C1CC[C@]1(C)C2CCC2[C@@]3(C)CCCC(C)(C)C3CC[C@]21C. The lowest BCUT2D eigenvalue weighted by Crippen LogP contribution is -2.65. The summed E-state index contributed by atoms with van der Waals surface area (Å²) in [5.74, 6) is 4.99. The van der Waals surface area contributed by atoms with E-state index in [0.717, 1.165) is 29.6 Å². The summed E-state index contributed by atoms with van der Waals surface area (Å²) < 4.78 is 0. The van der Waals surface area contributed by atoms with Crippen molar-refractivity contribution in [3.05, 3.63) is 0 Å². The van der Waals surface area contributed by atoms with Crippen molar-refractivity contribution in [3.63, 3.8) is 0 Å². The molecule has 5 aliphatic rings. The van der Waals surface area contributed by atoms with Crippen LogP contribution < -0.4 is 0 Å². The Hall–Kier alpha value is 0. The maximum absolute atomic E-state index is 2.81. The molecule has 0 aromatic heterocycles. The third-order valence-corrected chi connectivity index (χ3v) is 13.4. The van der Waals surface area contributed by atoms with Gasteiger partial charge in [0.25, 0.3) is 0 Å². The van der Waals surface area contributed by atoms with Crippen LogP contribution in [0.4, 0.5) is 0 Å². The molecule has 0 nitrogen and oxygen atoms in total. The molecule has 0 spiro atoms. The van der Waals surface area contributed by atoms with Crippen molar-refractivity contribution in [2.45, 2.75) is 126 Å². The Kier molecular flexibility index (Phi) is 4.52. The predicted molar refractivity (Wildman–Crippen MR) is 125 cm³/mol. The van der Waals surface area contributed by atoms with Gasteiger partial charge in [-0.05, 0) is 121 Å². The molecule has 0 aromatic rings. The number of fused-ring (bicyclic) bond motifs is 7. The van der Waals surface area contributed by atoms with Crippen LogP contribution >= 0.6 is 0 Å². The minimum Gasteiger partial charge on any atom is -0.0651 e. The van der Waals surface area contributed by atoms with Gasteiger partial charge in [0.2, 0.25) is 0 Å². The van der Waals surface area contributed by atoms with E-state index in [0.29, 0.717) is 27.1 Å². The van der Waals surface area contributed by atoms with E-state index in [4.69, 9.17) is 0 Å². The van der Waals surface area contributed by atoms with E-state index >= 15 is 0 Å². The lowest BCUT2D eigenvalue weighted by molar-refractivity contribution is -0.241. The molecule has 4 unspecified atom stereocenters. The predicted octanol–water partition coefficient (Wildman–Crippen LogP) is 8.89. The molecule has 0 amide bonds. The first kappa shape index (κ1) is 20.9. The van der Waals surface area contributed by atoms with Crippen molar-refractivity contribution >= 4 is 0 Å². The fourth-order valence-electron chi connectivity index (χ4n) is 11.9. The first-order valence-electron chi connectivity index (χ1n) is 13.5. The molecule has 29 heavy (non-hydrogen) atoms. The van der Waals surface area contributed by atoms with Gasteiger partial charge in [-0.15, -0.1) is 0 Å². The Morgan fingerprint density at radius 3 is 1.86 bits per heavy atom. The van der Waals surface area contributed by atoms with Crippen LogP contribution in [0.15, 0.2) is 0 Å². The third kappa shape index (κ3) is 2.44. The molecule has 0 saturated heterocycles. The van der Waals surface area contributed by atoms with Crippen molar-refractivity contribution in [1.82, 2.24) is 0 Å². The van der Waals surface area contributed by atoms with Crippen LogP contribution in [-0.2, 0) is 0 Å². The van der Waals surface area contributed by atoms with E-state index in [1.807, 2.05) is 0 Å². The molecule has 166 valence electrons. The molecule has 0 radical (unpaired) electrons. The highest BCUT2D eigenvalue weighted by atomic mass is 14.7. The van der Waals surface area contributed by atoms with Crippen LogP contribution in [0.2, 0.25) is 0 Å². The maximum atomic E-state index is 2.81. The fourth-order valence-corrected chi connectivity index (χ4v) is 11.9. The van der Waals surface area contributed by atoms with Crippen LogP contribution in [0.5, 0.6) is 0 Å². The molecule has 5 rings (SSSR count). The second-order valence-electron chi connectivity index (χ2n) is 14.3. The zero-order valence-electron chi connectivity index (χ0n) is 20.9. The van der Waals surface area contributed by atoms with Gasteiger partial charge < -0.3 is 0 Å². The van der Waals surface area contributed by atoms with Gasteiger partial charge in [-0.2, -0.15) is 0 Å². The van der Waals surface area contributed by atoms with Crippen LogP contribution in [0.3, 0.4) is 0 Å². The Labute approximate surface area is 182 Å². The van der Waals surface area contributed by atoms with Gasteiger partial charge in [0.05, 0.1) is 0 Å². The van der Waals surface area contributed by atoms with Gasteiger partial charge in [0.1, 0.15) is 0 Å². The lowest BCUT2D eigenvalue weighted by Gasteiger charge is -2.73. The second kappa shape index (κ2) is 6.28. The zero-order chi connectivity index (χ0) is 20.9. The standard InChI is InChI=1S/C29H50/c1-8-20-12-17-26(4)21(20)13-18-28(6)23(26)10-11-24-27(5)16-9-15-25(2,3)22(27)14-19-29(24,28)7/h20-24H,8-19H2,1-7H3/t20-,21?,22?,23?,24?,26-,27-,28+,29+/m0/s1. The van der Waals surface area contributed by atoms with Gasteiger partial charge >= 0.3 is 0 Å². The van der Waals surface area contributed by atoms with E-state index in [1.54, 1.807) is 12.8 Å². The average Bonchev–Trinajstić information content (AvgIpc) is 2.98. The van der Waals surface area contributed by atoms with Crippen LogP contribution in [-0.4, -0.2) is 0 Å². The Balaban J connectivity index is 1.53. The van der Waals surface area contributed by atoms with Crippen molar-refractivity contribution < 1.29 is 0 Å². The topological polar surface area (TPSA) is 0 Å². The van der Waals surface area contributed by atoms with Gasteiger partial charge in [0.15, 0.2) is 0 Å². The average molecular weight is 399 g/mol. The van der Waals surface area contributed by atoms with E-state index in [2.05, 4.69) is 48.5 Å². The molecule has 0 heteroatoms. The summed E-state index contributed by atoms with van der Waals surface area (Å²) in [4.78, 5) is 0. The molecular formula is C29H50. The van der Waals surface area contributed by atoms with Gasteiger partial charge in [0, 0.05) is 0 Å². The maximum Gasteiger partial charge on any atom is -0.0235 e. The molecule has 9 atom stereocenters. The van der Waals surface area contributed by atoms with Crippen molar-refractivity contribution in [1.29, 1.82) is 0 Å². The summed E-state index contributed by atoms with van der Waals surface area (Å²) in [6.45, 7) is 18.8. The first-order chi connectivity index (χ1) is 13.5. The zero-order valence-corrected chi connectivity index (χ0v) is 20.9. The highest BCUT2D eigenvalue weighted by Crippen LogP contribution is 2.77. The molecule has 5 aliphatic carbocycles. The summed E-state index contributed by atoms with van der Waals surface area (Å²) in [5.41, 5.74) is 2.97. The first-order valence-corrected chi connectivity index (χ1v) is 13.5. The van der Waals surface area contributed by atoms with Crippen molar-refractivity contribution in [2.24, 2.45) is 56.7 Å². The lowest BCUT2D eigenvalue weighted by atomic mass is 9.32. The molecule has 0 aromatic carbocycles. The van der Waals surface area contributed by atoms with E-state index in [9.17, 15) is 0 Å². The van der Waals surface area contributed by atoms with E-state index < -0.39 is 0 Å². The quantitative estimate of drug-likeness (QED) is 0.413. The van der Waals surface area contributed by atoms with Gasteiger partial charge in [-0.25, -0.2) is 0 Å². The van der Waals surface area contributed by atoms with Crippen LogP contribution in [0.1, 0.15) is 126 Å². The largest absolute Gasteiger partial charge is 0.0651 e. The monoisotopic (exact) mass is 398 g/mol. The number of hydrogen-bond donors (Lipinski definition) is 0. The highest BCUT2D eigenvalue weighted by Gasteiger charge is 2.69. The number of hydrogen-bond acceptors (Lipinski definition) is 0. The smallest absolute Gasteiger partial charge is 0.0235 e. The van der Waals surface area contributed by atoms with E-state index in [1.165, 1.54) is 64.2 Å². The summed E-state index contributed by atoms with van der Waals surface area (Å²) in [6.07, 6.45) is 18.1. The highest BCUT2D eigenvalue weighted by molar-refractivity contribution is 5.18. The minimum atomic E-state index is 0.565. The fraction of sp³-hybridized carbons (Fsp3) is 1.00. The molecule has 0 aliphatic heterocycles. The van der Waals surface area contributed by atoms with Crippen LogP contribution in [0, 0.1) is 56.7 Å². The summed E-state index contributed by atoms with van der Waals surface area (Å²) in [6, 6.07) is 0. The molecule has 5 fully saturated rings. The second-order valence-corrected chi connectivity index (χ2v) is 14.3. The third-order valence-electron chi connectivity index (χ3n) is 13.4.